The number of methoxy groups -OCH3 is 1. The van der Waals surface area contributed by atoms with Crippen molar-refractivity contribution < 1.29 is 4.74 Å². The average Bonchev–Trinajstić information content (AvgIpc) is 3.02. The van der Waals surface area contributed by atoms with Gasteiger partial charge in [0.1, 0.15) is 11.4 Å². The van der Waals surface area contributed by atoms with Crippen molar-refractivity contribution in [2.45, 2.75) is 20.3 Å². The molecule has 0 aliphatic rings. The van der Waals surface area contributed by atoms with E-state index in [1.54, 1.807) is 7.11 Å². The zero-order valence-electron chi connectivity index (χ0n) is 16.0. The van der Waals surface area contributed by atoms with Crippen LogP contribution in [0, 0.1) is 13.8 Å². The SMILES string of the molecule is COc1ccc(Cc2c(-c3cccc(Br)c3)nc3c(C)cc(Br)cn23)c(C)c1. The molecule has 0 bridgehead atoms. The minimum atomic E-state index is 0.786. The van der Waals surface area contributed by atoms with Crippen LogP contribution in [0.3, 0.4) is 0 Å². The molecule has 0 N–H and O–H groups in total. The number of aryl methyl sites for hydroxylation is 2. The maximum Gasteiger partial charge on any atom is 0.140 e. The average molecular weight is 500 g/mol. The maximum absolute atomic E-state index is 5.36. The first kappa shape index (κ1) is 19.2. The fourth-order valence-corrected chi connectivity index (χ4v) is 4.47. The summed E-state index contributed by atoms with van der Waals surface area (Å²) in [6.07, 6.45) is 2.89. The summed E-state index contributed by atoms with van der Waals surface area (Å²) in [5, 5.41) is 0. The minimum absolute atomic E-state index is 0.786. The first-order chi connectivity index (χ1) is 13.5. The number of benzene rings is 2. The van der Waals surface area contributed by atoms with Crippen molar-refractivity contribution in [1.29, 1.82) is 0 Å². The van der Waals surface area contributed by atoms with Crippen molar-refractivity contribution in [2.24, 2.45) is 0 Å². The summed E-state index contributed by atoms with van der Waals surface area (Å²) < 4.78 is 9.66. The lowest BCUT2D eigenvalue weighted by atomic mass is 10.0. The fourth-order valence-electron chi connectivity index (χ4n) is 3.53. The summed E-state index contributed by atoms with van der Waals surface area (Å²) in [5.74, 6) is 0.880. The lowest BCUT2D eigenvalue weighted by Crippen LogP contribution is -2.00. The van der Waals surface area contributed by atoms with Gasteiger partial charge in [-0.05, 0) is 76.8 Å². The molecule has 28 heavy (non-hydrogen) atoms. The van der Waals surface area contributed by atoms with E-state index in [1.165, 1.54) is 16.8 Å². The predicted octanol–water partition coefficient (Wildman–Crippen LogP) is 6.74. The lowest BCUT2D eigenvalue weighted by molar-refractivity contribution is 0.414. The highest BCUT2D eigenvalue weighted by atomic mass is 79.9. The molecule has 0 saturated heterocycles. The van der Waals surface area contributed by atoms with Gasteiger partial charge in [-0.1, -0.05) is 34.1 Å². The summed E-state index contributed by atoms with van der Waals surface area (Å²) in [6, 6.07) is 16.7. The van der Waals surface area contributed by atoms with E-state index >= 15 is 0 Å². The highest BCUT2D eigenvalue weighted by Gasteiger charge is 2.17. The normalized spacial score (nSPS) is 11.2. The summed E-state index contributed by atoms with van der Waals surface area (Å²) >= 11 is 7.23. The van der Waals surface area contributed by atoms with Gasteiger partial charge in [-0.2, -0.15) is 0 Å². The van der Waals surface area contributed by atoms with Gasteiger partial charge >= 0.3 is 0 Å². The molecule has 142 valence electrons. The quantitative estimate of drug-likeness (QED) is 0.310. The number of hydrogen-bond acceptors (Lipinski definition) is 2. The van der Waals surface area contributed by atoms with Gasteiger partial charge in [0.05, 0.1) is 18.5 Å². The Labute approximate surface area is 181 Å². The van der Waals surface area contributed by atoms with Crippen LogP contribution in [-0.4, -0.2) is 16.5 Å². The van der Waals surface area contributed by atoms with E-state index in [0.29, 0.717) is 0 Å². The molecule has 0 amide bonds. The number of hydrogen-bond donors (Lipinski definition) is 0. The molecule has 4 rings (SSSR count). The predicted molar refractivity (Wildman–Crippen MR) is 121 cm³/mol. The van der Waals surface area contributed by atoms with Crippen LogP contribution in [0.4, 0.5) is 0 Å². The summed E-state index contributed by atoms with van der Waals surface area (Å²) in [5.41, 5.74) is 7.89. The van der Waals surface area contributed by atoms with Gasteiger partial charge < -0.3 is 9.14 Å². The van der Waals surface area contributed by atoms with Crippen LogP contribution >= 0.6 is 31.9 Å². The minimum Gasteiger partial charge on any atom is -0.497 e. The van der Waals surface area contributed by atoms with E-state index in [4.69, 9.17) is 9.72 Å². The lowest BCUT2D eigenvalue weighted by Gasteiger charge is -2.11. The van der Waals surface area contributed by atoms with E-state index in [9.17, 15) is 0 Å². The third-order valence-corrected chi connectivity index (χ3v) is 5.90. The molecule has 5 heteroatoms. The van der Waals surface area contributed by atoms with Crippen molar-refractivity contribution in [3.8, 4) is 17.0 Å². The Morgan fingerprint density at radius 2 is 1.79 bits per heavy atom. The largest absolute Gasteiger partial charge is 0.497 e. The smallest absolute Gasteiger partial charge is 0.140 e. The number of imidazole rings is 1. The second-order valence-electron chi connectivity index (χ2n) is 6.92. The van der Waals surface area contributed by atoms with Gasteiger partial charge in [-0.3, -0.25) is 0 Å². The summed E-state index contributed by atoms with van der Waals surface area (Å²) in [6.45, 7) is 4.22. The zero-order valence-corrected chi connectivity index (χ0v) is 19.1. The van der Waals surface area contributed by atoms with Crippen molar-refractivity contribution in [3.05, 3.63) is 86.1 Å². The third-order valence-electron chi connectivity index (χ3n) is 4.98. The molecule has 0 saturated carbocycles. The molecule has 0 spiro atoms. The molecule has 2 aromatic carbocycles. The molecule has 4 aromatic rings. The Bertz CT molecular complexity index is 1180. The van der Waals surface area contributed by atoms with E-state index in [1.807, 2.05) is 12.1 Å². The van der Waals surface area contributed by atoms with Crippen molar-refractivity contribution >= 4 is 37.5 Å². The van der Waals surface area contributed by atoms with E-state index in [0.717, 1.165) is 43.6 Å². The first-order valence-corrected chi connectivity index (χ1v) is 10.6. The molecule has 0 fully saturated rings. The Hall–Kier alpha value is -2.11. The van der Waals surface area contributed by atoms with Crippen LogP contribution in [0.1, 0.15) is 22.4 Å². The second-order valence-corrected chi connectivity index (χ2v) is 8.75. The number of pyridine rings is 1. The molecule has 0 unspecified atom stereocenters. The monoisotopic (exact) mass is 498 g/mol. The molecular weight excluding hydrogens is 480 g/mol. The second kappa shape index (κ2) is 7.72. The Morgan fingerprint density at radius 3 is 2.50 bits per heavy atom. The summed E-state index contributed by atoms with van der Waals surface area (Å²) in [4.78, 5) is 5.02. The highest BCUT2D eigenvalue weighted by Crippen LogP contribution is 2.31. The van der Waals surface area contributed by atoms with Gasteiger partial charge in [-0.25, -0.2) is 4.98 Å². The standard InChI is InChI=1S/C23H20Br2N2O/c1-14-10-20(28-3)8-7-16(14)12-21-22(17-5-4-6-18(24)11-17)26-23-15(2)9-19(25)13-27(21)23/h4-11,13H,12H2,1-3H3. The van der Waals surface area contributed by atoms with Crippen LogP contribution < -0.4 is 4.74 Å². The molecule has 0 aliphatic heterocycles. The zero-order chi connectivity index (χ0) is 19.8. The molecule has 0 aliphatic carbocycles. The van der Waals surface area contributed by atoms with Gasteiger partial charge in [0, 0.05) is 27.1 Å². The highest BCUT2D eigenvalue weighted by molar-refractivity contribution is 9.10. The molecule has 2 heterocycles. The molecule has 2 aromatic heterocycles. The molecular formula is C23H20Br2N2O. The number of fused-ring (bicyclic) bond motifs is 1. The van der Waals surface area contributed by atoms with Crippen molar-refractivity contribution in [2.75, 3.05) is 7.11 Å². The van der Waals surface area contributed by atoms with Crippen LogP contribution in [0.5, 0.6) is 5.75 Å². The van der Waals surface area contributed by atoms with E-state index in [-0.39, 0.29) is 0 Å². The first-order valence-electron chi connectivity index (χ1n) is 9.03. The van der Waals surface area contributed by atoms with E-state index < -0.39 is 0 Å². The Balaban J connectivity index is 1.93. The van der Waals surface area contributed by atoms with Crippen LogP contribution in [0.15, 0.2) is 63.7 Å². The van der Waals surface area contributed by atoms with Crippen LogP contribution in [0.25, 0.3) is 16.9 Å². The third kappa shape index (κ3) is 3.61. The number of aromatic nitrogens is 2. The fraction of sp³-hybridized carbons (Fsp3) is 0.174. The Kier molecular flexibility index (Phi) is 5.30. The topological polar surface area (TPSA) is 26.5 Å². The summed E-state index contributed by atoms with van der Waals surface area (Å²) in [7, 11) is 1.70. The van der Waals surface area contributed by atoms with Crippen molar-refractivity contribution in [1.82, 2.24) is 9.38 Å². The number of ether oxygens (including phenoxy) is 1. The van der Waals surface area contributed by atoms with Gasteiger partial charge in [-0.15, -0.1) is 0 Å². The van der Waals surface area contributed by atoms with Gasteiger partial charge in [0.15, 0.2) is 0 Å². The number of rotatable bonds is 4. The number of halogens is 2. The van der Waals surface area contributed by atoms with Crippen LogP contribution in [0.2, 0.25) is 0 Å². The van der Waals surface area contributed by atoms with E-state index in [2.05, 4.69) is 92.7 Å². The molecule has 3 nitrogen and oxygen atoms in total. The van der Waals surface area contributed by atoms with Gasteiger partial charge in [0.2, 0.25) is 0 Å². The van der Waals surface area contributed by atoms with Crippen molar-refractivity contribution in [3.63, 3.8) is 0 Å². The maximum atomic E-state index is 5.36. The van der Waals surface area contributed by atoms with Crippen LogP contribution in [-0.2, 0) is 6.42 Å². The van der Waals surface area contributed by atoms with Gasteiger partial charge in [0.25, 0.3) is 0 Å². The molecule has 0 atom stereocenters. The molecule has 0 radical (unpaired) electrons. The number of nitrogens with zero attached hydrogens (tertiary/aromatic N) is 2. The Morgan fingerprint density at radius 1 is 0.964 bits per heavy atom.